The molecule has 1 aliphatic carbocycles. The second kappa shape index (κ2) is 8.08. The zero-order chi connectivity index (χ0) is 15.6. The van der Waals surface area contributed by atoms with Crippen LogP contribution in [0, 0.1) is 0 Å². The number of carbonyl (C=O) groups excluding carboxylic acids is 2. The van der Waals surface area contributed by atoms with Crippen molar-refractivity contribution in [2.75, 3.05) is 0 Å². The number of alkyl halides is 6. The number of rotatable bonds is 2. The summed E-state index contributed by atoms with van der Waals surface area (Å²) in [6.45, 7) is 0. The van der Waals surface area contributed by atoms with Crippen LogP contribution in [0.5, 0.6) is 0 Å². The zero-order valence-electron chi connectivity index (χ0n) is 10.1. The standard InChI is InChI=1S/C10H12Br6N2O2/c11-9(12,13)7(19)17-5-2-1-3-6(4-5)18-8(20)10(14,15)16/h5-6H,1-4H2,(H,17,19)(H,18,20). The SMILES string of the molecule is O=C(NC1CCCC(NC(=O)C(Br)(Br)Br)C1)C(Br)(Br)Br. The van der Waals surface area contributed by atoms with Gasteiger partial charge in [-0.05, 0) is 121 Å². The van der Waals surface area contributed by atoms with Crippen LogP contribution in [0.15, 0.2) is 0 Å². The molecule has 20 heavy (non-hydrogen) atoms. The van der Waals surface area contributed by atoms with E-state index in [-0.39, 0.29) is 23.9 Å². The summed E-state index contributed by atoms with van der Waals surface area (Å²) < 4.78 is -1.89. The molecule has 0 aliphatic heterocycles. The number of amides is 2. The van der Waals surface area contributed by atoms with Crippen molar-refractivity contribution >= 4 is 107 Å². The summed E-state index contributed by atoms with van der Waals surface area (Å²) in [6, 6.07) is 0.0907. The number of hydrogen-bond acceptors (Lipinski definition) is 2. The van der Waals surface area contributed by atoms with Gasteiger partial charge in [-0.2, -0.15) is 0 Å². The van der Waals surface area contributed by atoms with E-state index in [1.807, 2.05) is 0 Å². The largest absolute Gasteiger partial charge is 0.351 e. The van der Waals surface area contributed by atoms with Crippen LogP contribution in [-0.4, -0.2) is 28.2 Å². The first-order valence-electron chi connectivity index (χ1n) is 5.75. The monoisotopic (exact) mass is 666 g/mol. The highest BCUT2D eigenvalue weighted by Gasteiger charge is 2.34. The summed E-state index contributed by atoms with van der Waals surface area (Å²) in [7, 11) is 0. The summed E-state index contributed by atoms with van der Waals surface area (Å²) in [5, 5.41) is 5.87. The number of nitrogens with one attached hydrogen (secondary N) is 2. The van der Waals surface area contributed by atoms with E-state index in [2.05, 4.69) is 106 Å². The summed E-state index contributed by atoms with van der Waals surface area (Å²) in [4.78, 5) is 23.7. The lowest BCUT2D eigenvalue weighted by Gasteiger charge is -2.32. The first kappa shape index (κ1) is 19.9. The molecular formula is C10H12Br6N2O2. The van der Waals surface area contributed by atoms with E-state index in [0.717, 1.165) is 19.3 Å². The minimum absolute atomic E-state index is 0.0453. The molecule has 0 heterocycles. The molecule has 0 saturated heterocycles. The molecule has 0 bridgehead atoms. The highest BCUT2D eigenvalue weighted by Crippen LogP contribution is 2.35. The van der Waals surface area contributed by atoms with Crippen molar-refractivity contribution in [1.82, 2.24) is 10.6 Å². The molecule has 0 aromatic rings. The highest BCUT2D eigenvalue weighted by molar-refractivity contribution is 9.40. The molecule has 2 atom stereocenters. The maximum absolute atomic E-state index is 11.9. The Kier molecular flexibility index (Phi) is 8.02. The van der Waals surface area contributed by atoms with E-state index in [0.29, 0.717) is 6.42 Å². The van der Waals surface area contributed by atoms with Crippen LogP contribution in [0.1, 0.15) is 25.7 Å². The van der Waals surface area contributed by atoms with Crippen molar-refractivity contribution in [3.63, 3.8) is 0 Å². The van der Waals surface area contributed by atoms with Crippen LogP contribution in [0.4, 0.5) is 0 Å². The van der Waals surface area contributed by atoms with Crippen LogP contribution in [-0.2, 0) is 9.59 Å². The molecule has 0 spiro atoms. The molecule has 1 saturated carbocycles. The van der Waals surface area contributed by atoms with E-state index in [9.17, 15) is 9.59 Å². The van der Waals surface area contributed by atoms with Gasteiger partial charge in [0, 0.05) is 12.1 Å². The lowest BCUT2D eigenvalue weighted by atomic mass is 9.91. The van der Waals surface area contributed by atoms with E-state index >= 15 is 0 Å². The fraction of sp³-hybridized carbons (Fsp3) is 0.800. The third-order valence-corrected chi connectivity index (χ3v) is 5.02. The number of halogens is 6. The summed E-state index contributed by atoms with van der Waals surface area (Å²) in [6.07, 6.45) is 3.48. The Balaban J connectivity index is 2.51. The summed E-state index contributed by atoms with van der Waals surface area (Å²) in [5.41, 5.74) is 0. The van der Waals surface area contributed by atoms with E-state index in [1.165, 1.54) is 0 Å². The number of carbonyl (C=O) groups is 2. The highest BCUT2D eigenvalue weighted by atomic mass is 80.0. The average Bonchev–Trinajstić information content (AvgIpc) is 2.26. The Morgan fingerprint density at radius 3 is 1.45 bits per heavy atom. The Morgan fingerprint density at radius 2 is 1.15 bits per heavy atom. The summed E-state index contributed by atoms with van der Waals surface area (Å²) >= 11 is 19.1. The van der Waals surface area contributed by atoms with Crippen LogP contribution >= 0.6 is 95.6 Å². The third-order valence-electron chi connectivity index (χ3n) is 2.86. The molecular weight excluding hydrogens is 660 g/mol. The Morgan fingerprint density at radius 1 is 0.800 bits per heavy atom. The van der Waals surface area contributed by atoms with Gasteiger partial charge in [0.2, 0.25) is 4.29 Å². The van der Waals surface area contributed by atoms with Crippen LogP contribution in [0.3, 0.4) is 0 Å². The van der Waals surface area contributed by atoms with Gasteiger partial charge >= 0.3 is 0 Å². The average molecular weight is 672 g/mol. The minimum Gasteiger partial charge on any atom is -0.351 e. The maximum atomic E-state index is 11.9. The fourth-order valence-corrected chi connectivity index (χ4v) is 2.67. The van der Waals surface area contributed by atoms with Gasteiger partial charge in [0.1, 0.15) is 0 Å². The number of hydrogen-bond donors (Lipinski definition) is 2. The fourth-order valence-electron chi connectivity index (χ4n) is 1.99. The predicted molar refractivity (Wildman–Crippen MR) is 101 cm³/mol. The smallest absolute Gasteiger partial charge is 0.258 e. The van der Waals surface area contributed by atoms with Gasteiger partial charge < -0.3 is 10.6 Å². The molecule has 4 nitrogen and oxygen atoms in total. The van der Waals surface area contributed by atoms with Gasteiger partial charge in [0.25, 0.3) is 11.8 Å². The molecule has 2 unspecified atom stereocenters. The van der Waals surface area contributed by atoms with Crippen LogP contribution in [0.2, 0.25) is 0 Å². The second-order valence-electron chi connectivity index (χ2n) is 4.50. The van der Waals surface area contributed by atoms with Gasteiger partial charge in [-0.25, -0.2) is 0 Å². The Hall–Kier alpha value is 1.82. The van der Waals surface area contributed by atoms with Crippen molar-refractivity contribution in [2.45, 2.75) is 42.1 Å². The minimum atomic E-state index is -0.945. The molecule has 0 aromatic heterocycles. The third kappa shape index (κ3) is 6.93. The quantitative estimate of drug-likeness (QED) is 0.433. The van der Waals surface area contributed by atoms with Gasteiger partial charge in [-0.1, -0.05) is 0 Å². The molecule has 1 fully saturated rings. The Bertz CT molecular complexity index is 345. The van der Waals surface area contributed by atoms with E-state index < -0.39 is 4.29 Å². The van der Waals surface area contributed by atoms with Crippen molar-refractivity contribution in [3.05, 3.63) is 0 Å². The molecule has 2 amide bonds. The van der Waals surface area contributed by atoms with E-state index in [4.69, 9.17) is 0 Å². The van der Waals surface area contributed by atoms with Gasteiger partial charge in [0.05, 0.1) is 0 Å². The van der Waals surface area contributed by atoms with Crippen molar-refractivity contribution in [2.24, 2.45) is 0 Å². The lowest BCUT2D eigenvalue weighted by molar-refractivity contribution is -0.120. The molecule has 1 aliphatic rings. The molecule has 1 rings (SSSR count). The molecule has 10 heteroatoms. The van der Waals surface area contributed by atoms with Crippen molar-refractivity contribution in [1.29, 1.82) is 0 Å². The Labute approximate surface area is 168 Å². The van der Waals surface area contributed by atoms with Crippen LogP contribution in [0.25, 0.3) is 0 Å². The summed E-state index contributed by atoms with van der Waals surface area (Å²) in [5.74, 6) is -0.379. The second-order valence-corrected chi connectivity index (χ2v) is 18.0. The first-order valence-corrected chi connectivity index (χ1v) is 10.5. The maximum Gasteiger partial charge on any atom is 0.258 e. The van der Waals surface area contributed by atoms with Crippen molar-refractivity contribution < 1.29 is 9.59 Å². The van der Waals surface area contributed by atoms with Crippen molar-refractivity contribution in [3.8, 4) is 0 Å². The molecule has 116 valence electrons. The van der Waals surface area contributed by atoms with Gasteiger partial charge in [-0.15, -0.1) is 0 Å². The first-order chi connectivity index (χ1) is 9.00. The topological polar surface area (TPSA) is 58.2 Å². The van der Waals surface area contributed by atoms with Gasteiger partial charge in [-0.3, -0.25) is 9.59 Å². The molecule has 0 radical (unpaired) electrons. The van der Waals surface area contributed by atoms with Gasteiger partial charge in [0.15, 0.2) is 0 Å². The predicted octanol–water partition coefficient (Wildman–Crippen LogP) is 4.21. The lowest BCUT2D eigenvalue weighted by Crippen LogP contribution is -2.49. The molecule has 2 N–H and O–H groups in total. The van der Waals surface area contributed by atoms with Crippen LogP contribution < -0.4 is 10.6 Å². The normalized spacial score (nSPS) is 24.1. The zero-order valence-corrected chi connectivity index (χ0v) is 19.6. The van der Waals surface area contributed by atoms with E-state index in [1.54, 1.807) is 0 Å². The molecule has 0 aromatic carbocycles.